The minimum absolute atomic E-state index is 0.305. The molecule has 1 aromatic carbocycles. The van der Waals surface area contributed by atoms with E-state index in [0.29, 0.717) is 42.9 Å². The molecule has 1 heterocycles. The van der Waals surface area contributed by atoms with Gasteiger partial charge in [-0.15, -0.1) is 0 Å². The van der Waals surface area contributed by atoms with Crippen molar-refractivity contribution >= 4 is 27.4 Å². The first-order chi connectivity index (χ1) is 13.0. The van der Waals surface area contributed by atoms with E-state index in [-0.39, 0.29) is 0 Å². The molecule has 4 rings (SSSR count). The fourth-order valence-corrected chi connectivity index (χ4v) is 6.46. The second kappa shape index (κ2) is 7.56. The van der Waals surface area contributed by atoms with E-state index >= 15 is 0 Å². The summed E-state index contributed by atoms with van der Waals surface area (Å²) in [5.74, 6) is 2.29. The Morgan fingerprint density at radius 1 is 1.11 bits per heavy atom. The summed E-state index contributed by atoms with van der Waals surface area (Å²) in [5, 5.41) is 4.34. The van der Waals surface area contributed by atoms with E-state index in [4.69, 9.17) is 17.0 Å². The Labute approximate surface area is 166 Å². The van der Waals surface area contributed by atoms with E-state index in [1.807, 2.05) is 0 Å². The number of hydrogen-bond acceptors (Lipinski definition) is 4. The molecule has 1 saturated heterocycles. The maximum Gasteiger partial charge on any atom is 0.243 e. The minimum Gasteiger partial charge on any atom is -0.497 e. The zero-order valence-corrected chi connectivity index (χ0v) is 17.3. The smallest absolute Gasteiger partial charge is 0.243 e. The van der Waals surface area contributed by atoms with Gasteiger partial charge in [0.1, 0.15) is 5.75 Å². The molecule has 8 heteroatoms. The summed E-state index contributed by atoms with van der Waals surface area (Å²) < 4.78 is 32.3. The maximum absolute atomic E-state index is 12.8. The molecule has 6 nitrogen and oxygen atoms in total. The Morgan fingerprint density at radius 2 is 1.81 bits per heavy atom. The number of rotatable bonds is 4. The molecule has 1 N–H and O–H groups in total. The van der Waals surface area contributed by atoms with Crippen LogP contribution in [0.1, 0.15) is 25.7 Å². The highest BCUT2D eigenvalue weighted by atomic mass is 32.2. The quantitative estimate of drug-likeness (QED) is 0.768. The number of nitrogens with one attached hydrogen (secondary N) is 1. The lowest BCUT2D eigenvalue weighted by Gasteiger charge is -2.37. The second-order valence-electron chi connectivity index (χ2n) is 7.80. The van der Waals surface area contributed by atoms with Gasteiger partial charge in [-0.25, -0.2) is 8.42 Å². The third kappa shape index (κ3) is 3.79. The van der Waals surface area contributed by atoms with Crippen LogP contribution >= 0.6 is 12.2 Å². The standard InChI is InChI=1S/C19H27N3O3S2/c1-25-16-4-6-17(7-5-16)27(23,24)22-10-8-21(9-11-22)19(26)20-18-13-14-2-3-15(18)12-14/h4-7,14-15,18H,2-3,8-13H2,1H3,(H,20,26)/t14-,15+,18-/m0/s1. The Bertz CT molecular complexity index is 789. The first kappa shape index (κ1) is 19.0. The van der Waals surface area contributed by atoms with Crippen LogP contribution in [0.4, 0.5) is 0 Å². The summed E-state index contributed by atoms with van der Waals surface area (Å²) in [6.07, 6.45) is 5.26. The molecule has 148 valence electrons. The van der Waals surface area contributed by atoms with E-state index < -0.39 is 10.0 Å². The molecule has 3 aliphatic rings. The van der Waals surface area contributed by atoms with Gasteiger partial charge in [0.05, 0.1) is 12.0 Å². The predicted molar refractivity (Wildman–Crippen MR) is 108 cm³/mol. The first-order valence-electron chi connectivity index (χ1n) is 9.67. The molecule has 2 saturated carbocycles. The Hall–Kier alpha value is -1.38. The Balaban J connectivity index is 1.33. The van der Waals surface area contributed by atoms with Gasteiger partial charge in [0, 0.05) is 32.2 Å². The number of nitrogens with zero attached hydrogens (tertiary/aromatic N) is 2. The summed E-state index contributed by atoms with van der Waals surface area (Å²) in [7, 11) is -1.91. The fourth-order valence-electron chi connectivity index (χ4n) is 4.70. The largest absolute Gasteiger partial charge is 0.497 e. The van der Waals surface area contributed by atoms with Crippen LogP contribution in [0, 0.1) is 11.8 Å². The summed E-state index contributed by atoms with van der Waals surface area (Å²) in [6, 6.07) is 7.07. The summed E-state index contributed by atoms with van der Waals surface area (Å²) in [4.78, 5) is 2.42. The Morgan fingerprint density at radius 3 is 2.37 bits per heavy atom. The van der Waals surface area contributed by atoms with Crippen LogP contribution < -0.4 is 10.1 Å². The molecular weight excluding hydrogens is 382 g/mol. The van der Waals surface area contributed by atoms with Crippen molar-refractivity contribution in [2.24, 2.45) is 11.8 Å². The molecule has 0 spiro atoms. The van der Waals surface area contributed by atoms with Crippen LogP contribution in [-0.4, -0.2) is 62.1 Å². The molecule has 3 fully saturated rings. The van der Waals surface area contributed by atoms with E-state index in [9.17, 15) is 8.42 Å². The highest BCUT2D eigenvalue weighted by molar-refractivity contribution is 7.89. The van der Waals surface area contributed by atoms with Crippen LogP contribution in [0.15, 0.2) is 29.2 Å². The lowest BCUT2D eigenvalue weighted by atomic mass is 9.95. The SMILES string of the molecule is COc1ccc(S(=O)(=O)N2CCN(C(=S)N[C@H]3C[C@H]4CC[C@@H]3C4)CC2)cc1. The van der Waals surface area contributed by atoms with Crippen LogP contribution in [-0.2, 0) is 10.0 Å². The number of ether oxygens (including phenoxy) is 1. The molecule has 27 heavy (non-hydrogen) atoms. The molecule has 0 unspecified atom stereocenters. The van der Waals surface area contributed by atoms with Crippen LogP contribution in [0.2, 0.25) is 0 Å². The van der Waals surface area contributed by atoms with Crippen LogP contribution in [0.5, 0.6) is 5.75 Å². The second-order valence-corrected chi connectivity index (χ2v) is 10.1. The fraction of sp³-hybridized carbons (Fsp3) is 0.632. The Kier molecular flexibility index (Phi) is 5.31. The van der Waals surface area contributed by atoms with Crippen molar-refractivity contribution in [2.45, 2.75) is 36.6 Å². The van der Waals surface area contributed by atoms with Gasteiger partial charge in [0.25, 0.3) is 0 Å². The van der Waals surface area contributed by atoms with Gasteiger partial charge in [0.2, 0.25) is 10.0 Å². The number of methoxy groups -OCH3 is 1. The normalized spacial score (nSPS) is 28.3. The third-order valence-electron chi connectivity index (χ3n) is 6.27. The van der Waals surface area contributed by atoms with E-state index in [0.717, 1.165) is 16.9 Å². The van der Waals surface area contributed by atoms with E-state index in [1.165, 1.54) is 25.7 Å². The lowest BCUT2D eigenvalue weighted by Crippen LogP contribution is -2.54. The molecule has 0 amide bonds. The molecular formula is C19H27N3O3S2. The first-order valence-corrected chi connectivity index (χ1v) is 11.5. The number of fused-ring (bicyclic) bond motifs is 2. The van der Waals surface area contributed by atoms with Gasteiger partial charge in [-0.2, -0.15) is 4.31 Å². The van der Waals surface area contributed by atoms with Crippen molar-refractivity contribution in [3.05, 3.63) is 24.3 Å². The lowest BCUT2D eigenvalue weighted by molar-refractivity contribution is 0.258. The van der Waals surface area contributed by atoms with Gasteiger partial charge < -0.3 is 15.0 Å². The molecule has 1 aliphatic heterocycles. The summed E-state index contributed by atoms with van der Waals surface area (Å²) >= 11 is 5.61. The van der Waals surface area contributed by atoms with E-state index in [2.05, 4.69) is 10.2 Å². The number of thiocarbonyl (C=S) groups is 1. The van der Waals surface area contributed by atoms with Crippen molar-refractivity contribution in [1.29, 1.82) is 0 Å². The van der Waals surface area contributed by atoms with Crippen molar-refractivity contribution in [3.8, 4) is 5.75 Å². The number of hydrogen-bond donors (Lipinski definition) is 1. The van der Waals surface area contributed by atoms with Gasteiger partial charge >= 0.3 is 0 Å². The monoisotopic (exact) mass is 409 g/mol. The average Bonchev–Trinajstić information content (AvgIpc) is 3.31. The zero-order chi connectivity index (χ0) is 19.0. The number of sulfonamides is 1. The molecule has 2 bridgehead atoms. The number of piperazine rings is 1. The van der Waals surface area contributed by atoms with Crippen LogP contribution in [0.25, 0.3) is 0 Å². The van der Waals surface area contributed by atoms with Gasteiger partial charge in [-0.1, -0.05) is 6.42 Å². The summed E-state index contributed by atoms with van der Waals surface area (Å²) in [6.45, 7) is 2.16. The predicted octanol–water partition coefficient (Wildman–Crippen LogP) is 2.06. The number of benzene rings is 1. The van der Waals surface area contributed by atoms with Gasteiger partial charge in [-0.3, -0.25) is 0 Å². The molecule has 0 radical (unpaired) electrons. The van der Waals surface area contributed by atoms with Crippen LogP contribution in [0.3, 0.4) is 0 Å². The van der Waals surface area contributed by atoms with Gasteiger partial charge in [-0.05, 0) is 67.6 Å². The zero-order valence-electron chi connectivity index (χ0n) is 15.6. The van der Waals surface area contributed by atoms with Crippen molar-refractivity contribution in [2.75, 3.05) is 33.3 Å². The molecule has 1 aromatic rings. The highest BCUT2D eigenvalue weighted by Crippen LogP contribution is 2.44. The molecule has 2 aliphatic carbocycles. The summed E-state index contributed by atoms with van der Waals surface area (Å²) in [5.41, 5.74) is 0. The third-order valence-corrected chi connectivity index (χ3v) is 8.56. The topological polar surface area (TPSA) is 61.9 Å². The molecule has 0 aromatic heterocycles. The van der Waals surface area contributed by atoms with Crippen molar-refractivity contribution in [3.63, 3.8) is 0 Å². The minimum atomic E-state index is -3.48. The van der Waals surface area contributed by atoms with E-state index in [1.54, 1.807) is 35.7 Å². The van der Waals surface area contributed by atoms with Gasteiger partial charge in [0.15, 0.2) is 5.11 Å². The average molecular weight is 410 g/mol. The maximum atomic E-state index is 12.8. The molecule has 3 atom stereocenters. The van der Waals surface area contributed by atoms with Crippen molar-refractivity contribution < 1.29 is 13.2 Å². The highest BCUT2D eigenvalue weighted by Gasteiger charge is 2.40. The van der Waals surface area contributed by atoms with Crippen molar-refractivity contribution in [1.82, 2.24) is 14.5 Å².